The Hall–Kier alpha value is -0.380. The van der Waals surface area contributed by atoms with E-state index in [9.17, 15) is 0 Å². The van der Waals surface area contributed by atoms with Gasteiger partial charge in [-0.15, -0.1) is 11.3 Å². The Kier molecular flexibility index (Phi) is 4.57. The van der Waals surface area contributed by atoms with E-state index in [2.05, 4.69) is 23.2 Å². The smallest absolute Gasteiger partial charge is 0.0302 e. The van der Waals surface area contributed by atoms with Crippen LogP contribution in [0.3, 0.4) is 0 Å². The van der Waals surface area contributed by atoms with Gasteiger partial charge in [0.25, 0.3) is 0 Å². The zero-order valence-electron chi connectivity index (χ0n) is 12.1. The van der Waals surface area contributed by atoms with Crippen molar-refractivity contribution in [2.24, 2.45) is 0 Å². The Morgan fingerprint density at radius 1 is 1.26 bits per heavy atom. The molecular formula is C16H26N2S. The molecule has 1 fully saturated rings. The minimum atomic E-state index is 0.730. The molecule has 19 heavy (non-hydrogen) atoms. The van der Waals surface area contributed by atoms with Crippen molar-refractivity contribution in [3.63, 3.8) is 0 Å². The molecule has 3 heteroatoms. The van der Waals surface area contributed by atoms with Gasteiger partial charge in [-0.2, -0.15) is 0 Å². The fourth-order valence-corrected chi connectivity index (χ4v) is 4.61. The van der Waals surface area contributed by atoms with Gasteiger partial charge in [0.1, 0.15) is 0 Å². The Morgan fingerprint density at radius 3 is 3.05 bits per heavy atom. The molecule has 3 rings (SSSR count). The number of likely N-dealkylation sites (tertiary alicyclic amines) is 1. The van der Waals surface area contributed by atoms with Gasteiger partial charge in [0.15, 0.2) is 0 Å². The summed E-state index contributed by atoms with van der Waals surface area (Å²) in [5, 5.41) is 3.80. The lowest BCUT2D eigenvalue weighted by Crippen LogP contribution is -2.30. The molecule has 1 aliphatic heterocycles. The van der Waals surface area contributed by atoms with Crippen LogP contribution in [0.5, 0.6) is 0 Å². The number of hydrogen-bond acceptors (Lipinski definition) is 3. The number of aryl methyl sites for hydroxylation is 2. The first-order chi connectivity index (χ1) is 9.35. The number of nitrogens with one attached hydrogen (secondary N) is 1. The van der Waals surface area contributed by atoms with Crippen molar-refractivity contribution in [2.45, 2.75) is 58.0 Å². The topological polar surface area (TPSA) is 15.3 Å². The van der Waals surface area contributed by atoms with Crippen LogP contribution in [0.25, 0.3) is 0 Å². The molecule has 0 bridgehead atoms. The Labute approximate surface area is 121 Å². The average molecular weight is 278 g/mol. The highest BCUT2D eigenvalue weighted by Gasteiger charge is 2.17. The van der Waals surface area contributed by atoms with Gasteiger partial charge in [-0.1, -0.05) is 6.92 Å². The summed E-state index contributed by atoms with van der Waals surface area (Å²) in [6.45, 7) is 7.15. The van der Waals surface area contributed by atoms with Crippen molar-refractivity contribution in [2.75, 3.05) is 19.6 Å². The van der Waals surface area contributed by atoms with E-state index in [0.717, 1.165) is 12.6 Å². The van der Waals surface area contributed by atoms with Gasteiger partial charge in [-0.3, -0.25) is 0 Å². The summed E-state index contributed by atoms with van der Waals surface area (Å²) >= 11 is 2.05. The molecule has 106 valence electrons. The van der Waals surface area contributed by atoms with Gasteiger partial charge in [0.2, 0.25) is 0 Å². The minimum absolute atomic E-state index is 0.730. The lowest BCUT2D eigenvalue weighted by molar-refractivity contribution is 0.297. The summed E-state index contributed by atoms with van der Waals surface area (Å²) in [6.07, 6.45) is 8.05. The van der Waals surface area contributed by atoms with Crippen LogP contribution in [-0.4, -0.2) is 30.6 Å². The van der Waals surface area contributed by atoms with Gasteiger partial charge in [-0.05, 0) is 69.8 Å². The van der Waals surface area contributed by atoms with Crippen LogP contribution in [0.2, 0.25) is 0 Å². The van der Waals surface area contributed by atoms with Crippen molar-refractivity contribution in [3.05, 3.63) is 21.4 Å². The third kappa shape index (κ3) is 3.39. The van der Waals surface area contributed by atoms with E-state index in [1.165, 1.54) is 58.2 Å². The predicted molar refractivity (Wildman–Crippen MR) is 82.9 cm³/mol. The van der Waals surface area contributed by atoms with E-state index in [4.69, 9.17) is 0 Å². The van der Waals surface area contributed by atoms with E-state index in [1.807, 2.05) is 11.3 Å². The molecule has 0 amide bonds. The average Bonchev–Trinajstić information content (AvgIpc) is 2.91. The molecule has 1 aromatic rings. The standard InChI is InChI=1S/C16H26N2S/c1-2-18-9-4-6-14(8-10-18)17-12-15-11-13-5-3-7-16(13)19-15/h11,14,17H,2-10,12H2,1H3. The molecule has 0 spiro atoms. The highest BCUT2D eigenvalue weighted by atomic mass is 32.1. The number of rotatable bonds is 4. The van der Waals surface area contributed by atoms with Crippen molar-refractivity contribution in [3.8, 4) is 0 Å². The van der Waals surface area contributed by atoms with Crippen LogP contribution in [0.4, 0.5) is 0 Å². The van der Waals surface area contributed by atoms with Crippen molar-refractivity contribution < 1.29 is 0 Å². The molecule has 2 nitrogen and oxygen atoms in total. The fourth-order valence-electron chi connectivity index (χ4n) is 3.40. The molecule has 0 aromatic carbocycles. The first kappa shape index (κ1) is 13.6. The molecule has 1 aliphatic carbocycles. The number of nitrogens with zero attached hydrogens (tertiary/aromatic N) is 1. The predicted octanol–water partition coefficient (Wildman–Crippen LogP) is 3.20. The quantitative estimate of drug-likeness (QED) is 0.910. The van der Waals surface area contributed by atoms with Gasteiger partial charge in [0, 0.05) is 22.3 Å². The molecule has 1 unspecified atom stereocenters. The van der Waals surface area contributed by atoms with Crippen LogP contribution >= 0.6 is 11.3 Å². The van der Waals surface area contributed by atoms with Crippen LogP contribution < -0.4 is 5.32 Å². The molecule has 1 N–H and O–H groups in total. The lowest BCUT2D eigenvalue weighted by atomic mass is 10.1. The van der Waals surface area contributed by atoms with Crippen LogP contribution in [-0.2, 0) is 19.4 Å². The molecule has 1 atom stereocenters. The maximum absolute atomic E-state index is 3.80. The summed E-state index contributed by atoms with van der Waals surface area (Å²) in [4.78, 5) is 5.80. The van der Waals surface area contributed by atoms with E-state index in [-0.39, 0.29) is 0 Å². The fraction of sp³-hybridized carbons (Fsp3) is 0.750. The third-order valence-corrected chi connectivity index (χ3v) is 5.87. The SMILES string of the molecule is CCN1CCCC(NCc2cc3c(s2)CCC3)CC1. The third-order valence-electron chi connectivity index (χ3n) is 4.63. The lowest BCUT2D eigenvalue weighted by Gasteiger charge is -2.18. The zero-order chi connectivity index (χ0) is 13.1. The van der Waals surface area contributed by atoms with E-state index in [1.54, 1.807) is 15.3 Å². The van der Waals surface area contributed by atoms with E-state index in [0.29, 0.717) is 0 Å². The molecule has 0 radical (unpaired) electrons. The highest BCUT2D eigenvalue weighted by molar-refractivity contribution is 7.12. The molecule has 2 heterocycles. The molecule has 1 aromatic heterocycles. The second kappa shape index (κ2) is 6.38. The molecule has 0 saturated carbocycles. The number of hydrogen-bond donors (Lipinski definition) is 1. The molecular weight excluding hydrogens is 252 g/mol. The summed E-state index contributed by atoms with van der Waals surface area (Å²) in [5.74, 6) is 0. The van der Waals surface area contributed by atoms with Crippen LogP contribution in [0.1, 0.15) is 47.9 Å². The normalized spacial score (nSPS) is 24.4. The van der Waals surface area contributed by atoms with Crippen molar-refractivity contribution >= 4 is 11.3 Å². The second-order valence-corrected chi connectivity index (χ2v) is 7.18. The van der Waals surface area contributed by atoms with E-state index < -0.39 is 0 Å². The first-order valence-corrected chi connectivity index (χ1v) is 8.73. The van der Waals surface area contributed by atoms with Gasteiger partial charge in [0.05, 0.1) is 0 Å². The van der Waals surface area contributed by atoms with Crippen LogP contribution in [0.15, 0.2) is 6.07 Å². The Balaban J connectivity index is 1.48. The summed E-state index contributed by atoms with van der Waals surface area (Å²) in [7, 11) is 0. The minimum Gasteiger partial charge on any atom is -0.309 e. The van der Waals surface area contributed by atoms with E-state index >= 15 is 0 Å². The monoisotopic (exact) mass is 278 g/mol. The van der Waals surface area contributed by atoms with Crippen molar-refractivity contribution in [1.82, 2.24) is 10.2 Å². The van der Waals surface area contributed by atoms with Crippen LogP contribution in [0, 0.1) is 0 Å². The van der Waals surface area contributed by atoms with Gasteiger partial charge >= 0.3 is 0 Å². The summed E-state index contributed by atoms with van der Waals surface area (Å²) in [5.41, 5.74) is 1.64. The van der Waals surface area contributed by atoms with Gasteiger partial charge in [-0.25, -0.2) is 0 Å². The molecule has 1 saturated heterocycles. The summed E-state index contributed by atoms with van der Waals surface area (Å²) < 4.78 is 0. The second-order valence-electron chi connectivity index (χ2n) is 5.96. The highest BCUT2D eigenvalue weighted by Crippen LogP contribution is 2.30. The summed E-state index contributed by atoms with van der Waals surface area (Å²) in [6, 6.07) is 3.18. The Bertz CT molecular complexity index is 391. The maximum Gasteiger partial charge on any atom is 0.0302 e. The Morgan fingerprint density at radius 2 is 2.21 bits per heavy atom. The number of fused-ring (bicyclic) bond motifs is 1. The van der Waals surface area contributed by atoms with Crippen molar-refractivity contribution in [1.29, 1.82) is 0 Å². The molecule has 2 aliphatic rings. The largest absolute Gasteiger partial charge is 0.309 e. The first-order valence-electron chi connectivity index (χ1n) is 7.91. The zero-order valence-corrected chi connectivity index (χ0v) is 12.9. The van der Waals surface area contributed by atoms with Gasteiger partial charge < -0.3 is 10.2 Å². The number of thiophene rings is 1. The maximum atomic E-state index is 3.80.